The van der Waals surface area contributed by atoms with Gasteiger partial charge in [-0.2, -0.15) is 26.7 Å². The first kappa shape index (κ1) is 23.6. The van der Waals surface area contributed by atoms with E-state index in [2.05, 4.69) is 26.5 Å². The van der Waals surface area contributed by atoms with E-state index in [0.717, 1.165) is 6.21 Å². The summed E-state index contributed by atoms with van der Waals surface area (Å²) in [7, 11) is -4.82. The van der Waals surface area contributed by atoms with E-state index in [0.29, 0.717) is 28.2 Å². The molecule has 0 fully saturated rings. The van der Waals surface area contributed by atoms with Crippen molar-refractivity contribution in [3.8, 4) is 11.1 Å². The van der Waals surface area contributed by atoms with E-state index in [1.165, 1.54) is 18.2 Å². The summed E-state index contributed by atoms with van der Waals surface area (Å²) >= 11 is 3.24. The molecule has 0 unspecified atom stereocenters. The maximum absolute atomic E-state index is 13.2. The Hall–Kier alpha value is -3.02. The molecular formula is C21H14BrF3N2O4S. The van der Waals surface area contributed by atoms with Gasteiger partial charge in [-0.15, -0.1) is 0 Å². The molecule has 0 aliphatic heterocycles. The van der Waals surface area contributed by atoms with Crippen molar-refractivity contribution in [2.45, 2.75) is 11.1 Å². The molecule has 1 amide bonds. The summed E-state index contributed by atoms with van der Waals surface area (Å²) in [5.74, 6) is -0.538. The summed E-state index contributed by atoms with van der Waals surface area (Å²) in [5, 5.41) is 3.83. The van der Waals surface area contributed by atoms with Gasteiger partial charge in [0.1, 0.15) is 4.90 Å². The van der Waals surface area contributed by atoms with Crippen LogP contribution in [-0.4, -0.2) is 25.1 Å². The molecule has 2 N–H and O–H groups in total. The highest BCUT2D eigenvalue weighted by Gasteiger charge is 2.32. The fourth-order valence-corrected chi connectivity index (χ4v) is 4.01. The Kier molecular flexibility index (Phi) is 6.82. The molecule has 32 heavy (non-hydrogen) atoms. The Bertz CT molecular complexity index is 1310. The molecule has 6 nitrogen and oxygen atoms in total. The molecule has 0 bridgehead atoms. The largest absolute Gasteiger partial charge is 0.416 e. The Labute approximate surface area is 189 Å². The molecule has 0 saturated heterocycles. The average molecular weight is 527 g/mol. The number of hydrogen-bond acceptors (Lipinski definition) is 4. The molecule has 0 radical (unpaired) electrons. The van der Waals surface area contributed by atoms with E-state index in [1.807, 2.05) is 0 Å². The van der Waals surface area contributed by atoms with E-state index in [4.69, 9.17) is 0 Å². The fraction of sp³-hybridized carbons (Fsp3) is 0.0476. The van der Waals surface area contributed by atoms with E-state index in [1.54, 1.807) is 30.3 Å². The number of amides is 1. The van der Waals surface area contributed by atoms with Gasteiger partial charge in [-0.1, -0.05) is 36.4 Å². The number of carbonyl (C=O) groups is 1. The summed E-state index contributed by atoms with van der Waals surface area (Å²) in [6.07, 6.45) is -3.56. The van der Waals surface area contributed by atoms with Crippen LogP contribution in [0.2, 0.25) is 0 Å². The van der Waals surface area contributed by atoms with Gasteiger partial charge in [-0.25, -0.2) is 5.43 Å². The maximum atomic E-state index is 13.2. The lowest BCUT2D eigenvalue weighted by molar-refractivity contribution is -0.137. The molecule has 11 heteroatoms. The zero-order valence-corrected chi connectivity index (χ0v) is 18.4. The highest BCUT2D eigenvalue weighted by Crippen LogP contribution is 2.36. The van der Waals surface area contributed by atoms with Crippen LogP contribution in [0.25, 0.3) is 11.1 Å². The number of halogens is 4. The van der Waals surface area contributed by atoms with Gasteiger partial charge >= 0.3 is 6.18 Å². The maximum Gasteiger partial charge on any atom is 0.416 e. The van der Waals surface area contributed by atoms with Crippen LogP contribution in [0.4, 0.5) is 13.2 Å². The standard InChI is InChI=1S/C21H14BrF3N2O4S/c22-18-8-4-3-7-16(18)20(28)27-26-12-13-5-1-2-6-15(13)17-11-14(21(23,24)25)9-10-19(17)32(29,30)31/h1-12H,(H,27,28)(H,29,30,31). The fourth-order valence-electron chi connectivity index (χ4n) is 2.86. The molecule has 0 atom stereocenters. The van der Waals surface area contributed by atoms with E-state index in [9.17, 15) is 30.9 Å². The van der Waals surface area contributed by atoms with Gasteiger partial charge in [0.25, 0.3) is 16.0 Å². The van der Waals surface area contributed by atoms with Crippen molar-refractivity contribution < 1.29 is 30.9 Å². The SMILES string of the molecule is O=C(NN=Cc1ccccc1-c1cc(C(F)(F)F)ccc1S(=O)(=O)O)c1ccccc1Br. The first-order valence-electron chi connectivity index (χ1n) is 8.84. The van der Waals surface area contributed by atoms with Gasteiger partial charge in [0, 0.05) is 15.6 Å². The third-order valence-corrected chi connectivity index (χ3v) is 5.93. The van der Waals surface area contributed by atoms with Gasteiger partial charge < -0.3 is 0 Å². The van der Waals surface area contributed by atoms with E-state index >= 15 is 0 Å². The third-order valence-electron chi connectivity index (χ3n) is 4.32. The zero-order chi connectivity index (χ0) is 23.5. The highest BCUT2D eigenvalue weighted by molar-refractivity contribution is 9.10. The lowest BCUT2D eigenvalue weighted by Crippen LogP contribution is -2.18. The van der Waals surface area contributed by atoms with Crippen LogP contribution in [0.3, 0.4) is 0 Å². The minimum atomic E-state index is -4.82. The molecule has 3 aromatic rings. The number of hydrogen-bond donors (Lipinski definition) is 2. The van der Waals surface area contributed by atoms with Crippen LogP contribution in [0.1, 0.15) is 21.5 Å². The Balaban J connectivity index is 2.02. The molecule has 0 saturated carbocycles. The average Bonchev–Trinajstić information content (AvgIpc) is 2.72. The monoisotopic (exact) mass is 526 g/mol. The summed E-state index contributed by atoms with van der Waals surface area (Å²) < 4.78 is 73.2. The van der Waals surface area contributed by atoms with Crippen molar-refractivity contribution in [1.29, 1.82) is 0 Å². The van der Waals surface area contributed by atoms with Gasteiger partial charge in [-0.3, -0.25) is 9.35 Å². The van der Waals surface area contributed by atoms with Gasteiger partial charge in [0.05, 0.1) is 17.3 Å². The highest BCUT2D eigenvalue weighted by atomic mass is 79.9. The molecule has 0 aliphatic carbocycles. The van der Waals surface area contributed by atoms with Crippen molar-refractivity contribution in [1.82, 2.24) is 5.43 Å². The summed E-state index contributed by atoms with van der Waals surface area (Å²) in [4.78, 5) is 11.6. The van der Waals surface area contributed by atoms with Crippen molar-refractivity contribution in [3.05, 3.63) is 87.9 Å². The summed E-state index contributed by atoms with van der Waals surface area (Å²) in [6, 6.07) is 14.4. The third kappa shape index (κ3) is 5.42. The van der Waals surface area contributed by atoms with E-state index in [-0.39, 0.29) is 16.7 Å². The smallest absolute Gasteiger partial charge is 0.282 e. The second-order valence-corrected chi connectivity index (χ2v) is 8.69. The zero-order valence-electron chi connectivity index (χ0n) is 16.0. The molecule has 0 aromatic heterocycles. The van der Waals surface area contributed by atoms with Crippen molar-refractivity contribution in [2.24, 2.45) is 5.10 Å². The van der Waals surface area contributed by atoms with Crippen molar-refractivity contribution in [3.63, 3.8) is 0 Å². The minimum absolute atomic E-state index is 0.0603. The molecule has 3 aromatic carbocycles. The first-order valence-corrected chi connectivity index (χ1v) is 11.1. The second kappa shape index (κ2) is 9.23. The second-order valence-electron chi connectivity index (χ2n) is 6.45. The Morgan fingerprint density at radius 3 is 2.31 bits per heavy atom. The lowest BCUT2D eigenvalue weighted by atomic mass is 9.98. The molecular weight excluding hydrogens is 513 g/mol. The van der Waals surface area contributed by atoms with Gasteiger partial charge in [0.15, 0.2) is 0 Å². The summed E-state index contributed by atoms with van der Waals surface area (Å²) in [5.41, 5.74) is 1.43. The van der Waals surface area contributed by atoms with Crippen LogP contribution in [0.15, 0.2) is 81.2 Å². The normalized spacial score (nSPS) is 12.2. The van der Waals surface area contributed by atoms with E-state index < -0.39 is 32.7 Å². The quantitative estimate of drug-likeness (QED) is 0.273. The van der Waals surface area contributed by atoms with Crippen molar-refractivity contribution in [2.75, 3.05) is 0 Å². The Morgan fingerprint density at radius 2 is 1.66 bits per heavy atom. The predicted molar refractivity (Wildman–Crippen MR) is 116 cm³/mol. The van der Waals surface area contributed by atoms with Crippen LogP contribution >= 0.6 is 15.9 Å². The molecule has 0 heterocycles. The van der Waals surface area contributed by atoms with Gasteiger partial charge in [-0.05, 0) is 51.8 Å². The minimum Gasteiger partial charge on any atom is -0.282 e. The van der Waals surface area contributed by atoms with Crippen LogP contribution in [0, 0.1) is 0 Å². The lowest BCUT2D eigenvalue weighted by Gasteiger charge is -2.14. The topological polar surface area (TPSA) is 95.8 Å². The Morgan fingerprint density at radius 1 is 1.00 bits per heavy atom. The number of nitrogens with one attached hydrogen (secondary N) is 1. The summed E-state index contributed by atoms with van der Waals surface area (Å²) in [6.45, 7) is 0. The molecule has 166 valence electrons. The number of benzene rings is 3. The predicted octanol–water partition coefficient (Wildman–Crippen LogP) is 5.15. The number of alkyl halides is 3. The van der Waals surface area contributed by atoms with Crippen LogP contribution in [0.5, 0.6) is 0 Å². The molecule has 0 aliphatic rings. The number of hydrazone groups is 1. The number of carbonyl (C=O) groups excluding carboxylic acids is 1. The first-order chi connectivity index (χ1) is 15.0. The van der Waals surface area contributed by atoms with Crippen LogP contribution in [-0.2, 0) is 16.3 Å². The van der Waals surface area contributed by atoms with Crippen molar-refractivity contribution >= 4 is 38.2 Å². The number of rotatable bonds is 5. The number of nitrogens with zero attached hydrogens (tertiary/aromatic N) is 1. The molecule has 0 spiro atoms. The van der Waals surface area contributed by atoms with Crippen LogP contribution < -0.4 is 5.43 Å². The molecule has 3 rings (SSSR count). The van der Waals surface area contributed by atoms with Gasteiger partial charge in [0.2, 0.25) is 0 Å².